The van der Waals surface area contributed by atoms with E-state index in [1.807, 2.05) is 0 Å². The second-order valence-electron chi connectivity index (χ2n) is 4.28. The van der Waals surface area contributed by atoms with Crippen LogP contribution in [0.5, 0.6) is 0 Å². The number of hydrogen-bond donors (Lipinski definition) is 2. The minimum absolute atomic E-state index is 0.0263. The van der Waals surface area contributed by atoms with Crippen molar-refractivity contribution in [1.29, 1.82) is 0 Å². The quantitative estimate of drug-likeness (QED) is 0.830. The van der Waals surface area contributed by atoms with E-state index in [0.717, 1.165) is 25.7 Å². The van der Waals surface area contributed by atoms with Crippen LogP contribution in [0, 0.1) is 0 Å². The Balaban J connectivity index is 2.27. The van der Waals surface area contributed by atoms with Crippen molar-refractivity contribution in [2.24, 2.45) is 0 Å². The molecular weight excluding hydrogens is 260 g/mol. The van der Waals surface area contributed by atoms with Gasteiger partial charge in [-0.25, -0.2) is 13.1 Å². The van der Waals surface area contributed by atoms with Crippen molar-refractivity contribution < 1.29 is 8.42 Å². The number of nitrogens with two attached hydrogens (primary N) is 1. The highest BCUT2D eigenvalue weighted by Gasteiger charge is 2.24. The van der Waals surface area contributed by atoms with Gasteiger partial charge in [0, 0.05) is 11.1 Å². The van der Waals surface area contributed by atoms with E-state index in [0.29, 0.717) is 5.02 Å². The molecule has 1 aromatic rings. The van der Waals surface area contributed by atoms with Gasteiger partial charge < -0.3 is 5.73 Å². The van der Waals surface area contributed by atoms with Gasteiger partial charge in [0.2, 0.25) is 10.0 Å². The number of benzene rings is 1. The monoisotopic (exact) mass is 274 g/mol. The maximum absolute atomic E-state index is 12.1. The molecule has 94 valence electrons. The Labute approximate surface area is 106 Å². The van der Waals surface area contributed by atoms with Gasteiger partial charge in [-0.05, 0) is 31.0 Å². The Hall–Kier alpha value is -0.780. The summed E-state index contributed by atoms with van der Waals surface area (Å²) in [6.45, 7) is 0. The van der Waals surface area contributed by atoms with Crippen LogP contribution in [0.4, 0.5) is 5.69 Å². The highest BCUT2D eigenvalue weighted by atomic mass is 35.5. The fraction of sp³-hybridized carbons (Fsp3) is 0.455. The molecular formula is C11H15ClN2O2S. The smallest absolute Gasteiger partial charge is 0.242 e. The number of sulfonamides is 1. The predicted octanol–water partition coefficient (Wildman–Crippen LogP) is 2.14. The maximum Gasteiger partial charge on any atom is 0.242 e. The molecule has 1 aliphatic rings. The van der Waals surface area contributed by atoms with Crippen LogP contribution in [0.3, 0.4) is 0 Å². The summed E-state index contributed by atoms with van der Waals surface area (Å²) in [6.07, 6.45) is 3.91. The molecule has 0 spiro atoms. The van der Waals surface area contributed by atoms with Gasteiger partial charge in [0.15, 0.2) is 0 Å². The highest BCUT2D eigenvalue weighted by Crippen LogP contribution is 2.25. The highest BCUT2D eigenvalue weighted by molar-refractivity contribution is 7.89. The molecule has 1 aliphatic carbocycles. The Morgan fingerprint density at radius 1 is 1.29 bits per heavy atom. The molecule has 0 aliphatic heterocycles. The van der Waals surface area contributed by atoms with Gasteiger partial charge in [0.25, 0.3) is 0 Å². The third-order valence-electron chi connectivity index (χ3n) is 2.94. The molecule has 0 saturated heterocycles. The van der Waals surface area contributed by atoms with Crippen LogP contribution in [-0.2, 0) is 10.0 Å². The van der Waals surface area contributed by atoms with Gasteiger partial charge in [-0.1, -0.05) is 24.4 Å². The van der Waals surface area contributed by atoms with E-state index in [9.17, 15) is 8.42 Å². The first-order valence-electron chi connectivity index (χ1n) is 5.56. The summed E-state index contributed by atoms with van der Waals surface area (Å²) in [5.41, 5.74) is 5.89. The van der Waals surface area contributed by atoms with Gasteiger partial charge in [-0.2, -0.15) is 0 Å². The zero-order valence-corrected chi connectivity index (χ0v) is 10.9. The number of nitrogens with one attached hydrogen (secondary N) is 1. The average Bonchev–Trinajstić information content (AvgIpc) is 2.73. The van der Waals surface area contributed by atoms with Gasteiger partial charge >= 0.3 is 0 Å². The lowest BCUT2D eigenvalue weighted by Gasteiger charge is -2.14. The Kier molecular flexibility index (Phi) is 3.61. The molecule has 17 heavy (non-hydrogen) atoms. The molecule has 0 bridgehead atoms. The Bertz CT molecular complexity index is 510. The van der Waals surface area contributed by atoms with E-state index < -0.39 is 10.0 Å². The van der Waals surface area contributed by atoms with E-state index >= 15 is 0 Å². The van der Waals surface area contributed by atoms with E-state index in [4.69, 9.17) is 17.3 Å². The summed E-state index contributed by atoms with van der Waals surface area (Å²) in [7, 11) is -3.56. The lowest BCUT2D eigenvalue weighted by atomic mass is 10.3. The van der Waals surface area contributed by atoms with Crippen LogP contribution in [0.1, 0.15) is 25.7 Å². The minimum atomic E-state index is -3.56. The van der Waals surface area contributed by atoms with E-state index in [1.54, 1.807) is 6.07 Å². The number of halogens is 1. The summed E-state index contributed by atoms with van der Waals surface area (Å²) in [4.78, 5) is 0.0666. The lowest BCUT2D eigenvalue weighted by molar-refractivity contribution is 0.552. The van der Waals surface area contributed by atoms with Crippen molar-refractivity contribution in [1.82, 2.24) is 4.72 Å². The fourth-order valence-electron chi connectivity index (χ4n) is 2.07. The lowest BCUT2D eigenvalue weighted by Crippen LogP contribution is -2.33. The van der Waals surface area contributed by atoms with Gasteiger partial charge in [0.05, 0.1) is 5.69 Å². The van der Waals surface area contributed by atoms with Crippen molar-refractivity contribution in [3.8, 4) is 0 Å². The third kappa shape index (κ3) is 2.91. The molecule has 4 nitrogen and oxygen atoms in total. The zero-order chi connectivity index (χ0) is 12.5. The number of hydrogen-bond acceptors (Lipinski definition) is 3. The predicted molar refractivity (Wildman–Crippen MR) is 68.4 cm³/mol. The topological polar surface area (TPSA) is 72.2 Å². The number of anilines is 1. The molecule has 0 heterocycles. The molecule has 0 aromatic heterocycles. The van der Waals surface area contributed by atoms with Crippen molar-refractivity contribution in [3.05, 3.63) is 23.2 Å². The molecule has 3 N–H and O–H groups in total. The molecule has 6 heteroatoms. The standard InChI is InChI=1S/C11H15ClN2O2S/c12-8-5-6-10(13)11(7-8)17(15,16)14-9-3-1-2-4-9/h5-7,9,14H,1-4,13H2. The summed E-state index contributed by atoms with van der Waals surface area (Å²) in [5.74, 6) is 0. The van der Waals surface area contributed by atoms with Crippen molar-refractivity contribution >= 4 is 27.3 Å². The second kappa shape index (κ2) is 4.84. The normalized spacial score (nSPS) is 17.5. The Morgan fingerprint density at radius 3 is 2.59 bits per heavy atom. The summed E-state index contributed by atoms with van der Waals surface area (Å²) in [5, 5.41) is 0.367. The zero-order valence-electron chi connectivity index (χ0n) is 9.32. The fourth-order valence-corrected chi connectivity index (χ4v) is 3.77. The Morgan fingerprint density at radius 2 is 1.94 bits per heavy atom. The molecule has 0 amide bonds. The summed E-state index contributed by atoms with van der Waals surface area (Å²) in [6, 6.07) is 4.49. The molecule has 0 unspecified atom stereocenters. The molecule has 1 aromatic carbocycles. The second-order valence-corrected chi connectivity index (χ2v) is 6.40. The molecule has 0 radical (unpaired) electrons. The molecule has 2 rings (SSSR count). The van der Waals surface area contributed by atoms with Gasteiger partial charge in [-0.15, -0.1) is 0 Å². The first kappa shape index (κ1) is 12.7. The van der Waals surface area contributed by atoms with Crippen LogP contribution in [0.2, 0.25) is 5.02 Å². The van der Waals surface area contributed by atoms with Gasteiger partial charge in [-0.3, -0.25) is 0 Å². The van der Waals surface area contributed by atoms with Crippen LogP contribution < -0.4 is 10.5 Å². The SMILES string of the molecule is Nc1ccc(Cl)cc1S(=O)(=O)NC1CCCC1. The number of nitrogen functional groups attached to an aromatic ring is 1. The van der Waals surface area contributed by atoms with Crippen molar-refractivity contribution in [2.45, 2.75) is 36.6 Å². The largest absolute Gasteiger partial charge is 0.398 e. The van der Waals surface area contributed by atoms with Crippen LogP contribution in [-0.4, -0.2) is 14.5 Å². The minimum Gasteiger partial charge on any atom is -0.398 e. The summed E-state index contributed by atoms with van der Waals surface area (Å²) >= 11 is 5.79. The first-order chi connectivity index (χ1) is 7.99. The van der Waals surface area contributed by atoms with Crippen LogP contribution in [0.15, 0.2) is 23.1 Å². The van der Waals surface area contributed by atoms with Crippen molar-refractivity contribution in [2.75, 3.05) is 5.73 Å². The summed E-state index contributed by atoms with van der Waals surface area (Å²) < 4.78 is 26.9. The van der Waals surface area contributed by atoms with Crippen LogP contribution >= 0.6 is 11.6 Å². The molecule has 1 saturated carbocycles. The maximum atomic E-state index is 12.1. The number of rotatable bonds is 3. The van der Waals surface area contributed by atoms with E-state index in [-0.39, 0.29) is 16.6 Å². The third-order valence-corrected chi connectivity index (χ3v) is 4.75. The van der Waals surface area contributed by atoms with Gasteiger partial charge in [0.1, 0.15) is 4.90 Å². The first-order valence-corrected chi connectivity index (χ1v) is 7.42. The average molecular weight is 275 g/mol. The van der Waals surface area contributed by atoms with E-state index in [1.165, 1.54) is 12.1 Å². The van der Waals surface area contributed by atoms with Crippen LogP contribution in [0.25, 0.3) is 0 Å². The van der Waals surface area contributed by atoms with Crippen molar-refractivity contribution in [3.63, 3.8) is 0 Å². The molecule has 1 fully saturated rings. The van der Waals surface area contributed by atoms with E-state index in [2.05, 4.69) is 4.72 Å². The molecule has 0 atom stereocenters.